The van der Waals surface area contributed by atoms with Crippen molar-refractivity contribution in [3.63, 3.8) is 0 Å². The van der Waals surface area contributed by atoms with Gasteiger partial charge in [0, 0.05) is 12.1 Å². The lowest BCUT2D eigenvalue weighted by molar-refractivity contribution is -0.0515. The molecule has 4 N–H and O–H groups in total. The third-order valence-electron chi connectivity index (χ3n) is 6.85. The summed E-state index contributed by atoms with van der Waals surface area (Å²) < 4.78 is 46.9. The van der Waals surface area contributed by atoms with E-state index in [2.05, 4.69) is 19.8 Å². The Morgan fingerprint density at radius 1 is 1.28 bits per heavy atom. The van der Waals surface area contributed by atoms with Crippen LogP contribution in [0.25, 0.3) is 11.5 Å². The molecular formula is C26H34F2N4O7. The lowest BCUT2D eigenvalue weighted by atomic mass is 10.0. The van der Waals surface area contributed by atoms with Gasteiger partial charge in [-0.25, -0.2) is 9.78 Å². The van der Waals surface area contributed by atoms with Gasteiger partial charge >= 0.3 is 12.7 Å². The van der Waals surface area contributed by atoms with Gasteiger partial charge in [0.1, 0.15) is 0 Å². The van der Waals surface area contributed by atoms with Crippen molar-refractivity contribution in [2.24, 2.45) is 17.6 Å². The summed E-state index contributed by atoms with van der Waals surface area (Å²) in [6.45, 7) is 0.859. The number of aromatic nitrogens is 1. The van der Waals surface area contributed by atoms with Crippen LogP contribution >= 0.6 is 0 Å². The average molecular weight is 553 g/mol. The minimum absolute atomic E-state index is 0.0308. The Morgan fingerprint density at radius 2 is 2.03 bits per heavy atom. The first kappa shape index (κ1) is 28.6. The summed E-state index contributed by atoms with van der Waals surface area (Å²) in [5.74, 6) is -0.0787. The maximum absolute atomic E-state index is 13.7. The molecule has 4 rings (SSSR count). The van der Waals surface area contributed by atoms with Crippen molar-refractivity contribution >= 4 is 12.0 Å². The number of halogens is 2. The number of alkyl carbamates (subject to hydrolysis) is 1. The van der Waals surface area contributed by atoms with Crippen molar-refractivity contribution in [1.29, 1.82) is 0 Å². The van der Waals surface area contributed by atoms with Crippen LogP contribution in [0, 0.1) is 11.8 Å². The zero-order valence-electron chi connectivity index (χ0n) is 22.1. The van der Waals surface area contributed by atoms with E-state index in [9.17, 15) is 23.5 Å². The van der Waals surface area contributed by atoms with Gasteiger partial charge in [-0.05, 0) is 49.3 Å². The van der Waals surface area contributed by atoms with Crippen LogP contribution in [-0.4, -0.2) is 72.6 Å². The molecule has 1 aliphatic heterocycles. The highest BCUT2D eigenvalue weighted by atomic mass is 19.3. The van der Waals surface area contributed by atoms with Crippen molar-refractivity contribution in [2.45, 2.75) is 57.8 Å². The number of rotatable bonds is 11. The second-order valence-corrected chi connectivity index (χ2v) is 10.2. The summed E-state index contributed by atoms with van der Waals surface area (Å²) in [6, 6.07) is 2.61. The lowest BCUT2D eigenvalue weighted by Gasteiger charge is -2.23. The van der Waals surface area contributed by atoms with Crippen LogP contribution in [0.4, 0.5) is 13.6 Å². The fourth-order valence-electron chi connectivity index (χ4n) is 4.38. The van der Waals surface area contributed by atoms with Gasteiger partial charge in [-0.2, -0.15) is 8.78 Å². The normalized spacial score (nSPS) is 19.9. The molecule has 0 spiro atoms. The van der Waals surface area contributed by atoms with Crippen molar-refractivity contribution in [1.82, 2.24) is 15.2 Å². The van der Waals surface area contributed by atoms with Crippen molar-refractivity contribution in [3.05, 3.63) is 29.7 Å². The van der Waals surface area contributed by atoms with E-state index in [0.29, 0.717) is 24.5 Å². The molecule has 2 heterocycles. The maximum atomic E-state index is 13.7. The van der Waals surface area contributed by atoms with E-state index in [0.717, 1.165) is 12.8 Å². The van der Waals surface area contributed by atoms with Gasteiger partial charge in [-0.15, -0.1) is 0 Å². The third-order valence-corrected chi connectivity index (χ3v) is 6.85. The second kappa shape index (κ2) is 12.2. The van der Waals surface area contributed by atoms with Crippen LogP contribution < -0.4 is 20.5 Å². The quantitative estimate of drug-likeness (QED) is 0.382. The number of likely N-dealkylation sites (tertiary alicyclic amines) is 1. The van der Waals surface area contributed by atoms with E-state index in [1.165, 1.54) is 30.2 Å². The molecule has 0 radical (unpaired) electrons. The number of carbonyl (C=O) groups excluding carboxylic acids is 2. The molecule has 13 heteroatoms. The average Bonchev–Trinajstić information content (AvgIpc) is 3.48. The summed E-state index contributed by atoms with van der Waals surface area (Å²) in [5, 5.41) is 12.6. The predicted octanol–water partition coefficient (Wildman–Crippen LogP) is 3.32. The van der Waals surface area contributed by atoms with Crippen molar-refractivity contribution in [3.8, 4) is 23.0 Å². The Balaban J connectivity index is 1.67. The molecule has 2 fully saturated rings. The monoisotopic (exact) mass is 552 g/mol. The van der Waals surface area contributed by atoms with Gasteiger partial charge in [0.15, 0.2) is 23.0 Å². The molecule has 2 aliphatic rings. The number of aliphatic hydroxyl groups excluding tert-OH is 1. The van der Waals surface area contributed by atoms with Crippen molar-refractivity contribution in [2.75, 3.05) is 26.9 Å². The molecule has 1 saturated carbocycles. The number of oxazole rings is 1. The van der Waals surface area contributed by atoms with Crippen LogP contribution in [0.1, 0.15) is 55.4 Å². The largest absolute Gasteiger partial charge is 0.489 e. The number of ether oxygens (including phenoxy) is 3. The van der Waals surface area contributed by atoms with Gasteiger partial charge in [0.2, 0.25) is 5.89 Å². The minimum Gasteiger partial charge on any atom is -0.489 e. The van der Waals surface area contributed by atoms with Crippen molar-refractivity contribution < 1.29 is 42.1 Å². The van der Waals surface area contributed by atoms with Crippen LogP contribution in [0.15, 0.2) is 22.6 Å². The fraction of sp³-hybridized carbons (Fsp3) is 0.577. The topological polar surface area (TPSA) is 149 Å². The molecule has 2 aromatic rings. The lowest BCUT2D eigenvalue weighted by Crippen LogP contribution is -2.40. The number of aliphatic hydroxyl groups is 1. The Bertz CT molecular complexity index is 1170. The van der Waals surface area contributed by atoms with Gasteiger partial charge in [-0.1, -0.05) is 13.8 Å². The predicted molar refractivity (Wildman–Crippen MR) is 134 cm³/mol. The van der Waals surface area contributed by atoms with Gasteiger partial charge in [-0.3, -0.25) is 4.79 Å². The SMILES string of the molecule is COC(=O)N[C@@H]1C[C@@H](CO)N(C(=O)c2nc(-c3ccc(OC(F)F)c(OCC4CC4)c3)oc2[C@@H](N)C(C)C)C1. The number of carbonyl (C=O) groups is 2. The number of amides is 2. The number of nitrogens with zero attached hydrogens (tertiary/aromatic N) is 2. The van der Waals surface area contributed by atoms with Gasteiger partial charge in [0.25, 0.3) is 5.91 Å². The Kier molecular flexibility index (Phi) is 8.90. The summed E-state index contributed by atoms with van der Waals surface area (Å²) in [7, 11) is 1.24. The number of hydrogen-bond donors (Lipinski definition) is 3. The highest BCUT2D eigenvalue weighted by molar-refractivity contribution is 5.94. The third kappa shape index (κ3) is 6.77. The second-order valence-electron chi connectivity index (χ2n) is 10.2. The number of methoxy groups -OCH3 is 1. The van der Waals surface area contributed by atoms with Crippen LogP contribution in [0.3, 0.4) is 0 Å². The van der Waals surface area contributed by atoms with Crippen LogP contribution in [0.5, 0.6) is 11.5 Å². The summed E-state index contributed by atoms with van der Waals surface area (Å²) in [4.78, 5) is 31.3. The highest BCUT2D eigenvalue weighted by Gasteiger charge is 2.39. The molecule has 39 heavy (non-hydrogen) atoms. The summed E-state index contributed by atoms with van der Waals surface area (Å²) >= 11 is 0. The van der Waals surface area contributed by atoms with E-state index < -0.39 is 36.7 Å². The number of nitrogens with one attached hydrogen (secondary N) is 1. The zero-order valence-corrected chi connectivity index (χ0v) is 22.1. The van der Waals surface area contributed by atoms with E-state index in [4.69, 9.17) is 14.9 Å². The smallest absolute Gasteiger partial charge is 0.407 e. The number of hydrogen-bond acceptors (Lipinski definition) is 9. The highest BCUT2D eigenvalue weighted by Crippen LogP contribution is 2.38. The van der Waals surface area contributed by atoms with Crippen LogP contribution in [-0.2, 0) is 4.74 Å². The maximum Gasteiger partial charge on any atom is 0.407 e. The minimum atomic E-state index is -3.03. The molecule has 2 amide bonds. The first-order chi connectivity index (χ1) is 18.6. The fourth-order valence-corrected chi connectivity index (χ4v) is 4.38. The number of alkyl halides is 2. The molecule has 1 aromatic carbocycles. The molecule has 11 nitrogen and oxygen atoms in total. The first-order valence-corrected chi connectivity index (χ1v) is 12.9. The zero-order chi connectivity index (χ0) is 28.3. The first-order valence-electron chi connectivity index (χ1n) is 12.9. The van der Waals surface area contributed by atoms with Gasteiger partial charge in [0.05, 0.1) is 38.4 Å². The molecule has 0 bridgehead atoms. The number of benzene rings is 1. The molecule has 0 unspecified atom stereocenters. The standard InChI is InChI=1S/C26H34F2N4O7/c1-13(2)20(29)22-21(24(34)32-10-16(9-17(32)11-33)30-26(35)36-3)31-23(39-22)15-6-7-18(38-25(27)28)19(8-15)37-12-14-4-5-14/h6-8,13-14,16-17,20,25,33H,4-5,9-12,29H2,1-3H3,(H,30,35)/t16-,17+,20+/m1/s1. The molecule has 1 aromatic heterocycles. The van der Waals surface area contributed by atoms with E-state index in [-0.39, 0.29) is 47.9 Å². The molecule has 214 valence electrons. The Labute approximate surface area is 224 Å². The summed E-state index contributed by atoms with van der Waals surface area (Å²) in [5.41, 5.74) is 6.73. The van der Waals surface area contributed by atoms with Gasteiger partial charge < -0.3 is 39.7 Å². The molecule has 1 saturated heterocycles. The molecule has 3 atom stereocenters. The van der Waals surface area contributed by atoms with E-state index in [1.807, 2.05) is 13.8 Å². The van der Waals surface area contributed by atoms with E-state index >= 15 is 0 Å². The number of nitrogens with two attached hydrogens (primary N) is 1. The van der Waals surface area contributed by atoms with Crippen LogP contribution in [0.2, 0.25) is 0 Å². The molecular weight excluding hydrogens is 518 g/mol. The Morgan fingerprint density at radius 3 is 2.64 bits per heavy atom. The summed E-state index contributed by atoms with van der Waals surface area (Å²) in [6.07, 6.45) is 1.69. The Hall–Kier alpha value is -3.45. The van der Waals surface area contributed by atoms with E-state index in [1.54, 1.807) is 0 Å². The molecule has 1 aliphatic carbocycles.